The Morgan fingerprint density at radius 2 is 2.03 bits per heavy atom. The first kappa shape index (κ1) is 21.9. The molecule has 1 aliphatic rings. The van der Waals surface area contributed by atoms with Crippen molar-refractivity contribution in [2.75, 3.05) is 25.9 Å². The molecule has 2 unspecified atom stereocenters. The number of methoxy groups -OCH3 is 1. The SMILES string of the molecule is COc1ccc(N)c(CCNC2CCN(OC(=O)OCc3ccccc3)C(C)C2)c1. The number of anilines is 1. The third kappa shape index (κ3) is 6.37. The van der Waals surface area contributed by atoms with E-state index in [0.717, 1.165) is 48.4 Å². The van der Waals surface area contributed by atoms with Gasteiger partial charge in [0.25, 0.3) is 0 Å². The van der Waals surface area contributed by atoms with Gasteiger partial charge in [-0.2, -0.15) is 0 Å². The lowest BCUT2D eigenvalue weighted by Gasteiger charge is -2.35. The van der Waals surface area contributed by atoms with Crippen LogP contribution in [-0.4, -0.2) is 43.5 Å². The molecule has 0 saturated carbocycles. The molecule has 2 aromatic carbocycles. The molecule has 3 N–H and O–H groups in total. The highest BCUT2D eigenvalue weighted by Crippen LogP contribution is 2.21. The van der Waals surface area contributed by atoms with Gasteiger partial charge < -0.3 is 25.4 Å². The van der Waals surface area contributed by atoms with Gasteiger partial charge in [-0.3, -0.25) is 0 Å². The van der Waals surface area contributed by atoms with Gasteiger partial charge in [-0.15, -0.1) is 5.06 Å². The number of rotatable bonds is 8. The summed E-state index contributed by atoms with van der Waals surface area (Å²) in [7, 11) is 1.66. The summed E-state index contributed by atoms with van der Waals surface area (Å²) < 4.78 is 10.5. The molecule has 0 amide bonds. The van der Waals surface area contributed by atoms with Gasteiger partial charge in [0, 0.05) is 24.3 Å². The standard InChI is InChI=1S/C23H31N3O4/c1-17-14-20(25-12-10-19-15-21(28-2)8-9-22(19)24)11-13-26(17)30-23(27)29-16-18-6-4-3-5-7-18/h3-9,15,17,20,25H,10-14,16,24H2,1-2H3. The third-order valence-electron chi connectivity index (χ3n) is 5.38. The quantitative estimate of drug-likeness (QED) is 0.506. The van der Waals surface area contributed by atoms with Crippen LogP contribution in [-0.2, 0) is 22.6 Å². The van der Waals surface area contributed by atoms with Crippen LogP contribution in [0.5, 0.6) is 5.75 Å². The summed E-state index contributed by atoms with van der Waals surface area (Å²) in [4.78, 5) is 17.4. The predicted octanol–water partition coefficient (Wildman–Crippen LogP) is 3.53. The Hall–Kier alpha value is -2.77. The summed E-state index contributed by atoms with van der Waals surface area (Å²) in [5, 5.41) is 5.30. The average Bonchev–Trinajstić information content (AvgIpc) is 2.76. The second-order valence-corrected chi connectivity index (χ2v) is 7.60. The maximum atomic E-state index is 12.0. The number of benzene rings is 2. The topological polar surface area (TPSA) is 86.0 Å². The number of carbonyl (C=O) groups is 1. The van der Waals surface area contributed by atoms with E-state index in [-0.39, 0.29) is 12.6 Å². The van der Waals surface area contributed by atoms with Crippen LogP contribution in [0.2, 0.25) is 0 Å². The molecular weight excluding hydrogens is 382 g/mol. The molecule has 30 heavy (non-hydrogen) atoms. The van der Waals surface area contributed by atoms with Crippen molar-refractivity contribution < 1.29 is 19.1 Å². The minimum atomic E-state index is -0.661. The molecule has 0 aliphatic carbocycles. The Labute approximate surface area is 178 Å². The zero-order valence-electron chi connectivity index (χ0n) is 17.7. The van der Waals surface area contributed by atoms with Crippen molar-refractivity contribution in [3.05, 3.63) is 59.7 Å². The Morgan fingerprint density at radius 1 is 1.23 bits per heavy atom. The summed E-state index contributed by atoms with van der Waals surface area (Å²) in [5.41, 5.74) is 8.86. The van der Waals surface area contributed by atoms with Crippen molar-refractivity contribution in [1.29, 1.82) is 0 Å². The minimum absolute atomic E-state index is 0.113. The van der Waals surface area contributed by atoms with Crippen LogP contribution < -0.4 is 15.8 Å². The number of piperidine rings is 1. The van der Waals surface area contributed by atoms with E-state index < -0.39 is 6.16 Å². The van der Waals surface area contributed by atoms with Gasteiger partial charge in [0.2, 0.25) is 0 Å². The number of hydrogen-bond acceptors (Lipinski definition) is 7. The Kier molecular flexibility index (Phi) is 7.93. The zero-order valence-corrected chi connectivity index (χ0v) is 17.7. The zero-order chi connectivity index (χ0) is 21.3. The van der Waals surface area contributed by atoms with Crippen LogP contribution in [0.25, 0.3) is 0 Å². The Bertz CT molecular complexity index is 815. The van der Waals surface area contributed by atoms with E-state index in [4.69, 9.17) is 20.0 Å². The van der Waals surface area contributed by atoms with Crippen LogP contribution >= 0.6 is 0 Å². The molecule has 1 aliphatic heterocycles. The monoisotopic (exact) mass is 413 g/mol. The van der Waals surface area contributed by atoms with E-state index >= 15 is 0 Å². The van der Waals surface area contributed by atoms with Crippen molar-refractivity contribution in [2.24, 2.45) is 0 Å². The molecule has 7 heteroatoms. The molecule has 0 aromatic heterocycles. The highest BCUT2D eigenvalue weighted by molar-refractivity contribution is 5.59. The van der Waals surface area contributed by atoms with Gasteiger partial charge in [0.15, 0.2) is 0 Å². The van der Waals surface area contributed by atoms with Gasteiger partial charge in [-0.05, 0) is 62.1 Å². The second kappa shape index (κ2) is 10.8. The summed E-state index contributed by atoms with van der Waals surface area (Å²) in [6.07, 6.45) is 1.95. The third-order valence-corrected chi connectivity index (χ3v) is 5.38. The fourth-order valence-electron chi connectivity index (χ4n) is 3.65. The van der Waals surface area contributed by atoms with E-state index in [1.807, 2.05) is 48.5 Å². The molecule has 0 spiro atoms. The smallest absolute Gasteiger partial charge is 0.497 e. The van der Waals surface area contributed by atoms with Crippen molar-refractivity contribution in [3.63, 3.8) is 0 Å². The van der Waals surface area contributed by atoms with E-state index in [1.54, 1.807) is 12.2 Å². The fraction of sp³-hybridized carbons (Fsp3) is 0.435. The van der Waals surface area contributed by atoms with Crippen molar-refractivity contribution in [3.8, 4) is 5.75 Å². The highest BCUT2D eigenvalue weighted by atomic mass is 16.8. The molecular formula is C23H31N3O4. The lowest BCUT2D eigenvalue weighted by molar-refractivity contribution is -0.166. The molecule has 2 atom stereocenters. The first-order valence-electron chi connectivity index (χ1n) is 10.4. The van der Waals surface area contributed by atoms with E-state index in [2.05, 4.69) is 12.2 Å². The summed E-state index contributed by atoms with van der Waals surface area (Å²) in [5.74, 6) is 0.817. The number of nitrogens with two attached hydrogens (primary N) is 1. The molecule has 1 fully saturated rings. The summed E-state index contributed by atoms with van der Waals surface area (Å²) >= 11 is 0. The lowest BCUT2D eigenvalue weighted by Crippen LogP contribution is -2.48. The number of nitrogens with zero attached hydrogens (tertiary/aromatic N) is 1. The highest BCUT2D eigenvalue weighted by Gasteiger charge is 2.28. The molecule has 0 bridgehead atoms. The lowest BCUT2D eigenvalue weighted by atomic mass is 10.00. The predicted molar refractivity (Wildman–Crippen MR) is 116 cm³/mol. The van der Waals surface area contributed by atoms with Crippen LogP contribution in [0.1, 0.15) is 30.9 Å². The minimum Gasteiger partial charge on any atom is -0.497 e. The van der Waals surface area contributed by atoms with Gasteiger partial charge in [-0.25, -0.2) is 4.79 Å². The Balaban J connectivity index is 1.38. The van der Waals surface area contributed by atoms with Gasteiger partial charge in [-0.1, -0.05) is 30.3 Å². The van der Waals surface area contributed by atoms with Crippen LogP contribution in [0.3, 0.4) is 0 Å². The number of hydrogen-bond donors (Lipinski definition) is 2. The number of hydroxylamine groups is 2. The number of nitrogen functional groups attached to an aromatic ring is 1. The normalized spacial score (nSPS) is 19.3. The van der Waals surface area contributed by atoms with Gasteiger partial charge in [0.1, 0.15) is 12.4 Å². The number of nitrogens with one attached hydrogen (secondary N) is 1. The van der Waals surface area contributed by atoms with Crippen molar-refractivity contribution in [1.82, 2.24) is 10.4 Å². The molecule has 3 rings (SSSR count). The van der Waals surface area contributed by atoms with E-state index in [0.29, 0.717) is 12.6 Å². The van der Waals surface area contributed by atoms with Crippen molar-refractivity contribution >= 4 is 11.8 Å². The van der Waals surface area contributed by atoms with Crippen LogP contribution in [0, 0.1) is 0 Å². The first-order valence-corrected chi connectivity index (χ1v) is 10.4. The maximum absolute atomic E-state index is 12.0. The van der Waals surface area contributed by atoms with Crippen molar-refractivity contribution in [2.45, 2.75) is 44.9 Å². The van der Waals surface area contributed by atoms with Gasteiger partial charge in [0.05, 0.1) is 7.11 Å². The number of carbonyl (C=O) groups excluding carboxylic acids is 1. The Morgan fingerprint density at radius 3 is 2.77 bits per heavy atom. The summed E-state index contributed by atoms with van der Waals surface area (Å²) in [6, 6.07) is 15.8. The molecule has 1 heterocycles. The second-order valence-electron chi connectivity index (χ2n) is 7.60. The summed E-state index contributed by atoms with van der Waals surface area (Å²) in [6.45, 7) is 3.76. The average molecular weight is 414 g/mol. The van der Waals surface area contributed by atoms with Gasteiger partial charge >= 0.3 is 6.16 Å². The number of ether oxygens (including phenoxy) is 2. The van der Waals surface area contributed by atoms with E-state index in [1.165, 1.54) is 0 Å². The largest absolute Gasteiger partial charge is 0.528 e. The first-order chi connectivity index (χ1) is 14.5. The van der Waals surface area contributed by atoms with E-state index in [9.17, 15) is 4.79 Å². The van der Waals surface area contributed by atoms with Crippen LogP contribution in [0.4, 0.5) is 10.5 Å². The fourth-order valence-corrected chi connectivity index (χ4v) is 3.65. The molecule has 7 nitrogen and oxygen atoms in total. The molecule has 1 saturated heterocycles. The maximum Gasteiger partial charge on any atom is 0.528 e. The molecule has 0 radical (unpaired) electrons. The van der Waals surface area contributed by atoms with Crippen LogP contribution in [0.15, 0.2) is 48.5 Å². The molecule has 2 aromatic rings. The molecule has 162 valence electrons.